The van der Waals surface area contributed by atoms with Gasteiger partial charge in [0.2, 0.25) is 0 Å². The molecule has 0 atom stereocenters. The average molecular weight is 497 g/mol. The molecule has 1 aliphatic heterocycles. The largest absolute Gasteiger partial charge is 0.488 e. The van der Waals surface area contributed by atoms with Gasteiger partial charge in [0.05, 0.1) is 0 Å². The molecule has 5 nitrogen and oxygen atoms in total. The Bertz CT molecular complexity index is 1340. The number of benzene rings is 3. The van der Waals surface area contributed by atoms with Crippen LogP contribution in [0, 0.1) is 0 Å². The summed E-state index contributed by atoms with van der Waals surface area (Å²) in [5, 5.41) is 5.39. The summed E-state index contributed by atoms with van der Waals surface area (Å²) in [6.45, 7) is 4.01. The third kappa shape index (κ3) is 4.78. The van der Waals surface area contributed by atoms with E-state index in [1.54, 1.807) is 30.3 Å². The number of amides is 2. The summed E-state index contributed by atoms with van der Waals surface area (Å²) >= 11 is 17.4. The molecule has 3 aromatic carbocycles. The van der Waals surface area contributed by atoms with Crippen molar-refractivity contribution in [2.75, 3.05) is 6.54 Å². The van der Waals surface area contributed by atoms with Crippen LogP contribution < -0.4 is 10.1 Å². The maximum atomic E-state index is 13.0. The number of carbonyl (C=O) groups is 2. The second-order valence-corrected chi connectivity index (χ2v) is 8.47. The molecule has 0 aromatic heterocycles. The smallest absolute Gasteiger partial charge is 0.265 e. The molecule has 1 heterocycles. The first-order valence-corrected chi connectivity index (χ1v) is 11.1. The summed E-state index contributed by atoms with van der Waals surface area (Å²) in [5.41, 5.74) is 1.31. The normalized spacial score (nSPS) is 15.2. The highest BCUT2D eigenvalue weighted by atomic mass is 35.5. The van der Waals surface area contributed by atoms with Gasteiger partial charge >= 0.3 is 0 Å². The topological polar surface area (TPSA) is 58.6 Å². The number of thiocarbonyl (C=S) groups is 1. The molecule has 0 radical (unpaired) electrons. The lowest BCUT2D eigenvalue weighted by Gasteiger charge is -2.28. The Morgan fingerprint density at radius 1 is 1.09 bits per heavy atom. The van der Waals surface area contributed by atoms with Gasteiger partial charge in [-0.25, -0.2) is 0 Å². The van der Waals surface area contributed by atoms with Crippen molar-refractivity contribution in [2.45, 2.75) is 6.61 Å². The third-order valence-electron chi connectivity index (χ3n) is 5.12. The number of ether oxygens (including phenoxy) is 1. The quantitative estimate of drug-likeness (QED) is 0.210. The summed E-state index contributed by atoms with van der Waals surface area (Å²) < 4.78 is 6.09. The lowest BCUT2D eigenvalue weighted by molar-refractivity contribution is -0.128. The third-order valence-corrected chi connectivity index (χ3v) is 6.02. The Kier molecular flexibility index (Phi) is 6.79. The van der Waals surface area contributed by atoms with Gasteiger partial charge in [-0.15, -0.1) is 6.58 Å². The van der Waals surface area contributed by atoms with Gasteiger partial charge in [0.25, 0.3) is 11.8 Å². The molecule has 166 valence electrons. The van der Waals surface area contributed by atoms with Crippen LogP contribution in [0.3, 0.4) is 0 Å². The van der Waals surface area contributed by atoms with Gasteiger partial charge in [-0.2, -0.15) is 0 Å². The zero-order valence-corrected chi connectivity index (χ0v) is 19.6. The number of fused-ring (bicyclic) bond motifs is 1. The number of rotatable bonds is 6. The molecule has 1 fully saturated rings. The fourth-order valence-electron chi connectivity index (χ4n) is 3.48. The molecule has 1 aliphatic rings. The van der Waals surface area contributed by atoms with Crippen LogP contribution in [0.1, 0.15) is 11.1 Å². The van der Waals surface area contributed by atoms with Crippen LogP contribution in [0.4, 0.5) is 0 Å². The van der Waals surface area contributed by atoms with Gasteiger partial charge < -0.3 is 4.74 Å². The Hall–Kier alpha value is -3.19. The summed E-state index contributed by atoms with van der Waals surface area (Å²) in [6, 6.07) is 16.5. The number of nitrogens with one attached hydrogen (secondary N) is 1. The number of halogens is 2. The molecule has 3 aromatic rings. The van der Waals surface area contributed by atoms with Crippen LogP contribution in [-0.4, -0.2) is 28.4 Å². The van der Waals surface area contributed by atoms with E-state index >= 15 is 0 Å². The van der Waals surface area contributed by atoms with Crippen LogP contribution in [0.25, 0.3) is 16.8 Å². The Balaban J connectivity index is 1.78. The van der Waals surface area contributed by atoms with E-state index < -0.39 is 11.8 Å². The zero-order valence-electron chi connectivity index (χ0n) is 17.3. The predicted molar refractivity (Wildman–Crippen MR) is 135 cm³/mol. The first-order valence-electron chi connectivity index (χ1n) is 9.97. The molecular weight excluding hydrogens is 479 g/mol. The Morgan fingerprint density at radius 3 is 2.64 bits per heavy atom. The molecule has 4 rings (SSSR count). The maximum absolute atomic E-state index is 13.0. The van der Waals surface area contributed by atoms with Crippen LogP contribution in [-0.2, 0) is 16.2 Å². The number of hydrogen-bond donors (Lipinski definition) is 1. The summed E-state index contributed by atoms with van der Waals surface area (Å²) in [4.78, 5) is 27.0. The maximum Gasteiger partial charge on any atom is 0.265 e. The Morgan fingerprint density at radius 2 is 1.88 bits per heavy atom. The minimum absolute atomic E-state index is 0.0452. The molecule has 0 aliphatic carbocycles. The summed E-state index contributed by atoms with van der Waals surface area (Å²) in [5.74, 6) is -0.565. The molecule has 0 unspecified atom stereocenters. The predicted octanol–water partition coefficient (Wildman–Crippen LogP) is 5.54. The number of hydrogen-bond acceptors (Lipinski definition) is 4. The molecule has 2 amide bonds. The van der Waals surface area contributed by atoms with E-state index in [2.05, 4.69) is 11.9 Å². The number of carbonyl (C=O) groups excluding carboxylic acids is 2. The summed E-state index contributed by atoms with van der Waals surface area (Å²) in [6.07, 6.45) is 3.08. The molecule has 8 heteroatoms. The van der Waals surface area contributed by atoms with Crippen molar-refractivity contribution in [3.8, 4) is 5.75 Å². The van der Waals surface area contributed by atoms with Gasteiger partial charge in [-0.3, -0.25) is 19.8 Å². The first-order chi connectivity index (χ1) is 15.9. The monoisotopic (exact) mass is 496 g/mol. The highest BCUT2D eigenvalue weighted by molar-refractivity contribution is 7.80. The average Bonchev–Trinajstić information content (AvgIpc) is 2.79. The van der Waals surface area contributed by atoms with Crippen molar-refractivity contribution in [2.24, 2.45) is 0 Å². The standard InChI is InChI=1S/C25H18Cl2N2O3S/c1-2-11-29-24(31)20(23(30)28-25(29)33)13-19-18-6-4-3-5-15(18)8-10-22(19)32-14-16-7-9-17(26)12-21(16)27/h2-10,12-13H,1,11,14H2,(H,28,30,33)/b20-13+. The van der Waals surface area contributed by atoms with E-state index in [9.17, 15) is 9.59 Å². The van der Waals surface area contributed by atoms with E-state index in [4.69, 9.17) is 40.2 Å². The lowest BCUT2D eigenvalue weighted by Crippen LogP contribution is -2.53. The fourth-order valence-corrected chi connectivity index (χ4v) is 4.19. The highest BCUT2D eigenvalue weighted by Crippen LogP contribution is 2.32. The molecule has 1 saturated heterocycles. The van der Waals surface area contributed by atoms with Gasteiger partial charge in [-0.1, -0.05) is 65.7 Å². The van der Waals surface area contributed by atoms with Crippen LogP contribution >= 0.6 is 35.4 Å². The van der Waals surface area contributed by atoms with Gasteiger partial charge in [-0.05, 0) is 47.3 Å². The van der Waals surface area contributed by atoms with Crippen LogP contribution in [0.15, 0.2) is 72.8 Å². The van der Waals surface area contributed by atoms with Crippen molar-refractivity contribution in [3.63, 3.8) is 0 Å². The summed E-state index contributed by atoms with van der Waals surface area (Å²) in [7, 11) is 0. The Labute approximate surface area is 206 Å². The van der Waals surface area contributed by atoms with E-state index in [1.165, 1.54) is 11.0 Å². The van der Waals surface area contributed by atoms with Crippen molar-refractivity contribution < 1.29 is 14.3 Å². The fraction of sp³-hybridized carbons (Fsp3) is 0.0800. The van der Waals surface area contributed by atoms with Gasteiger partial charge in [0.15, 0.2) is 5.11 Å². The molecule has 1 N–H and O–H groups in total. The van der Waals surface area contributed by atoms with Crippen LogP contribution in [0.2, 0.25) is 10.0 Å². The van der Waals surface area contributed by atoms with Crippen molar-refractivity contribution in [1.29, 1.82) is 0 Å². The minimum atomic E-state index is -0.565. The number of nitrogens with zero attached hydrogens (tertiary/aromatic N) is 1. The second-order valence-electron chi connectivity index (χ2n) is 7.24. The second kappa shape index (κ2) is 9.75. The van der Waals surface area contributed by atoms with E-state index in [0.717, 1.165) is 16.3 Å². The highest BCUT2D eigenvalue weighted by Gasteiger charge is 2.33. The first kappa shape index (κ1) is 23.0. The molecule has 0 bridgehead atoms. The van der Waals surface area contributed by atoms with Crippen molar-refractivity contribution in [1.82, 2.24) is 10.2 Å². The lowest BCUT2D eigenvalue weighted by atomic mass is 10.00. The van der Waals surface area contributed by atoms with Gasteiger partial charge in [0.1, 0.15) is 17.9 Å². The van der Waals surface area contributed by atoms with Crippen molar-refractivity contribution >= 4 is 69.2 Å². The molecule has 0 spiro atoms. The van der Waals surface area contributed by atoms with Crippen LogP contribution in [0.5, 0.6) is 5.75 Å². The zero-order chi connectivity index (χ0) is 23.5. The van der Waals surface area contributed by atoms with E-state index in [1.807, 2.05) is 30.3 Å². The molecule has 33 heavy (non-hydrogen) atoms. The van der Waals surface area contributed by atoms with Gasteiger partial charge in [0, 0.05) is 27.7 Å². The van der Waals surface area contributed by atoms with E-state index in [-0.39, 0.29) is 23.8 Å². The SMILES string of the molecule is C=CCN1C(=O)/C(=C/c2c(OCc3ccc(Cl)cc3Cl)ccc3ccccc23)C(=O)NC1=S. The minimum Gasteiger partial charge on any atom is -0.488 e. The molecular formula is C25H18Cl2N2O3S. The molecule has 0 saturated carbocycles. The van der Waals surface area contributed by atoms with Crippen molar-refractivity contribution in [3.05, 3.63) is 94.0 Å². The van der Waals surface area contributed by atoms with E-state index in [0.29, 0.717) is 21.4 Å².